The third kappa shape index (κ3) is 3.40. The Hall–Kier alpha value is -2.02. The van der Waals surface area contributed by atoms with Crippen LogP contribution in [0.25, 0.3) is 0 Å². The maximum atomic E-state index is 12.3. The normalized spacial score (nSPS) is 17.4. The quantitative estimate of drug-likeness (QED) is 0.907. The van der Waals surface area contributed by atoms with Gasteiger partial charge < -0.3 is 0 Å². The summed E-state index contributed by atoms with van der Waals surface area (Å²) in [6, 6.07) is 2.77. The van der Waals surface area contributed by atoms with Gasteiger partial charge >= 0.3 is 0 Å². The Morgan fingerprint density at radius 1 is 1.38 bits per heavy atom. The summed E-state index contributed by atoms with van der Waals surface area (Å²) < 4.78 is 1.15. The average Bonchev–Trinajstić information content (AvgIpc) is 2.90. The second-order valence-electron chi connectivity index (χ2n) is 7.33. The molecule has 0 aromatic carbocycles. The first kappa shape index (κ1) is 16.8. The molecule has 0 aliphatic heterocycles. The van der Waals surface area contributed by atoms with Crippen LogP contribution in [0.4, 0.5) is 5.13 Å². The Morgan fingerprint density at radius 3 is 2.79 bits per heavy atom. The molecule has 7 heteroatoms. The average molecular weight is 346 g/mol. The Bertz CT molecular complexity index is 832. The van der Waals surface area contributed by atoms with E-state index >= 15 is 0 Å². The number of anilines is 1. The van der Waals surface area contributed by atoms with Crippen LogP contribution in [0.5, 0.6) is 0 Å². The summed E-state index contributed by atoms with van der Waals surface area (Å²) in [6.45, 7) is 6.83. The summed E-state index contributed by atoms with van der Waals surface area (Å²) in [5.41, 5.74) is 1.34. The largest absolute Gasteiger partial charge is 0.296 e. The van der Waals surface area contributed by atoms with Crippen molar-refractivity contribution in [2.45, 2.75) is 40.0 Å². The van der Waals surface area contributed by atoms with Crippen molar-refractivity contribution < 1.29 is 4.79 Å². The Morgan fingerprint density at radius 2 is 2.12 bits per heavy atom. The molecule has 0 saturated heterocycles. The predicted octanol–water partition coefficient (Wildman–Crippen LogP) is 2.64. The summed E-state index contributed by atoms with van der Waals surface area (Å²) in [5, 5.41) is 7.38. The smallest absolute Gasteiger partial charge is 0.277 e. The molecule has 2 aromatic heterocycles. The van der Waals surface area contributed by atoms with Crippen molar-refractivity contribution in [3.8, 4) is 0 Å². The van der Waals surface area contributed by atoms with Gasteiger partial charge in [-0.15, -0.1) is 11.3 Å². The van der Waals surface area contributed by atoms with E-state index in [-0.39, 0.29) is 22.6 Å². The van der Waals surface area contributed by atoms with Crippen molar-refractivity contribution >= 4 is 22.4 Å². The number of carbonyl (C=O) groups excluding carboxylic acids is 1. The zero-order chi connectivity index (χ0) is 17.5. The van der Waals surface area contributed by atoms with Crippen LogP contribution in [0.3, 0.4) is 0 Å². The van der Waals surface area contributed by atoms with E-state index in [1.54, 1.807) is 11.3 Å². The van der Waals surface area contributed by atoms with Gasteiger partial charge in [0.15, 0.2) is 5.13 Å². The van der Waals surface area contributed by atoms with Gasteiger partial charge in [-0.3, -0.25) is 14.9 Å². The van der Waals surface area contributed by atoms with Crippen molar-refractivity contribution in [3.05, 3.63) is 38.8 Å². The van der Waals surface area contributed by atoms with E-state index in [2.05, 4.69) is 36.2 Å². The van der Waals surface area contributed by atoms with Crippen molar-refractivity contribution in [1.29, 1.82) is 0 Å². The lowest BCUT2D eigenvalue weighted by atomic mass is 9.73. The molecule has 1 aliphatic rings. The van der Waals surface area contributed by atoms with E-state index in [4.69, 9.17) is 0 Å². The third-order valence-corrected chi connectivity index (χ3v) is 5.61. The number of thiazole rings is 1. The number of aromatic nitrogens is 3. The van der Waals surface area contributed by atoms with Gasteiger partial charge in [-0.2, -0.15) is 5.10 Å². The molecule has 24 heavy (non-hydrogen) atoms. The highest BCUT2D eigenvalue weighted by Crippen LogP contribution is 2.40. The number of hydrogen-bond donors (Lipinski definition) is 1. The highest BCUT2D eigenvalue weighted by molar-refractivity contribution is 7.15. The topological polar surface area (TPSA) is 76.9 Å². The summed E-state index contributed by atoms with van der Waals surface area (Å²) >= 11 is 1.55. The molecule has 0 unspecified atom stereocenters. The van der Waals surface area contributed by atoms with Crippen LogP contribution in [-0.2, 0) is 19.9 Å². The number of amides is 1. The van der Waals surface area contributed by atoms with Gasteiger partial charge in [0, 0.05) is 18.0 Å². The molecule has 2 aromatic rings. The summed E-state index contributed by atoms with van der Waals surface area (Å²) in [5.74, 6) is 0.295. The summed E-state index contributed by atoms with van der Waals surface area (Å²) in [6.07, 6.45) is 3.11. The number of hydrogen-bond acceptors (Lipinski definition) is 5. The highest BCUT2D eigenvalue weighted by Gasteiger charge is 2.30. The summed E-state index contributed by atoms with van der Waals surface area (Å²) in [7, 11) is 1.52. The lowest BCUT2D eigenvalue weighted by Gasteiger charge is -2.33. The first-order valence-corrected chi connectivity index (χ1v) is 8.90. The minimum absolute atomic E-state index is 0.206. The van der Waals surface area contributed by atoms with E-state index in [1.165, 1.54) is 24.1 Å². The van der Waals surface area contributed by atoms with Gasteiger partial charge in [0.2, 0.25) is 0 Å². The second-order valence-corrected chi connectivity index (χ2v) is 8.41. The van der Waals surface area contributed by atoms with E-state index in [1.807, 2.05) is 0 Å². The van der Waals surface area contributed by atoms with Gasteiger partial charge in [0.25, 0.3) is 11.5 Å². The Kier molecular flexibility index (Phi) is 4.29. The second kappa shape index (κ2) is 6.12. The lowest BCUT2D eigenvalue weighted by molar-refractivity contribution is 0.102. The first-order chi connectivity index (χ1) is 11.2. The minimum Gasteiger partial charge on any atom is -0.296 e. The molecule has 1 aliphatic carbocycles. The Balaban J connectivity index is 1.75. The standard InChI is InChI=1S/C17H22N4O2S/c1-17(2,3)10-5-6-11-13(9-10)24-16(18-11)19-15(23)12-7-8-14(22)21(4)20-12/h7-8,10H,5-6,9H2,1-4H3,(H,18,19,23)/t10-/m0/s1. The number of rotatable bonds is 2. The molecule has 2 heterocycles. The van der Waals surface area contributed by atoms with E-state index < -0.39 is 0 Å². The van der Waals surface area contributed by atoms with Gasteiger partial charge in [-0.25, -0.2) is 9.67 Å². The molecule has 0 spiro atoms. The molecule has 0 bridgehead atoms. The molecule has 1 atom stereocenters. The SMILES string of the molecule is Cn1nc(C(=O)Nc2nc3c(s2)C[C@@H](C(C)(C)C)CC3)ccc1=O. The molecule has 1 amide bonds. The van der Waals surface area contributed by atoms with Gasteiger partial charge in [0.05, 0.1) is 5.69 Å². The van der Waals surface area contributed by atoms with Crippen molar-refractivity contribution in [2.75, 3.05) is 5.32 Å². The van der Waals surface area contributed by atoms with E-state index in [0.29, 0.717) is 11.0 Å². The van der Waals surface area contributed by atoms with Crippen molar-refractivity contribution in [2.24, 2.45) is 18.4 Å². The fourth-order valence-corrected chi connectivity index (χ4v) is 4.04. The van der Waals surface area contributed by atoms with E-state index in [0.717, 1.165) is 29.6 Å². The molecule has 0 fully saturated rings. The number of nitrogens with one attached hydrogen (secondary N) is 1. The van der Waals surface area contributed by atoms with Gasteiger partial charge in [0.1, 0.15) is 5.69 Å². The molecular weight excluding hydrogens is 324 g/mol. The fraction of sp³-hybridized carbons (Fsp3) is 0.529. The molecule has 0 saturated carbocycles. The van der Waals surface area contributed by atoms with Crippen LogP contribution >= 0.6 is 11.3 Å². The van der Waals surface area contributed by atoms with Crippen LogP contribution in [0.2, 0.25) is 0 Å². The fourth-order valence-electron chi connectivity index (χ4n) is 2.95. The number of aryl methyl sites for hydroxylation is 2. The number of nitrogens with zero attached hydrogens (tertiary/aromatic N) is 3. The van der Waals surface area contributed by atoms with Crippen LogP contribution in [0.15, 0.2) is 16.9 Å². The molecule has 3 rings (SSSR count). The van der Waals surface area contributed by atoms with Crippen molar-refractivity contribution in [1.82, 2.24) is 14.8 Å². The number of carbonyl (C=O) groups is 1. The van der Waals surface area contributed by atoms with Crippen molar-refractivity contribution in [3.63, 3.8) is 0 Å². The van der Waals surface area contributed by atoms with E-state index in [9.17, 15) is 9.59 Å². The molecule has 1 N–H and O–H groups in total. The third-order valence-electron chi connectivity index (χ3n) is 4.58. The van der Waals surface area contributed by atoms with Gasteiger partial charge in [-0.05, 0) is 36.7 Å². The zero-order valence-electron chi connectivity index (χ0n) is 14.4. The van der Waals surface area contributed by atoms with Crippen LogP contribution in [0.1, 0.15) is 48.3 Å². The first-order valence-electron chi connectivity index (χ1n) is 8.08. The molecule has 128 valence electrons. The molecule has 6 nitrogen and oxygen atoms in total. The zero-order valence-corrected chi connectivity index (χ0v) is 15.2. The Labute approximate surface area is 144 Å². The van der Waals surface area contributed by atoms with Crippen LogP contribution in [-0.4, -0.2) is 20.7 Å². The molecule has 0 radical (unpaired) electrons. The summed E-state index contributed by atoms with van der Waals surface area (Å²) in [4.78, 5) is 29.5. The van der Waals surface area contributed by atoms with Crippen LogP contribution < -0.4 is 10.9 Å². The molecular formula is C17H22N4O2S. The highest BCUT2D eigenvalue weighted by atomic mass is 32.1. The minimum atomic E-state index is -0.343. The maximum Gasteiger partial charge on any atom is 0.277 e. The lowest BCUT2D eigenvalue weighted by Crippen LogP contribution is -2.26. The number of fused-ring (bicyclic) bond motifs is 1. The maximum absolute atomic E-state index is 12.3. The van der Waals surface area contributed by atoms with Gasteiger partial charge in [-0.1, -0.05) is 20.8 Å². The monoisotopic (exact) mass is 346 g/mol. The predicted molar refractivity (Wildman–Crippen MR) is 94.5 cm³/mol. The van der Waals surface area contributed by atoms with Crippen LogP contribution in [0, 0.1) is 11.3 Å².